The van der Waals surface area contributed by atoms with Gasteiger partial charge in [0.05, 0.1) is 0 Å². The number of nitrogens with zero attached hydrogens (tertiary/aromatic N) is 1. The molecule has 156 valence electrons. The Bertz CT molecular complexity index is 1040. The summed E-state index contributed by atoms with van der Waals surface area (Å²) in [5, 5.41) is 7.61. The fourth-order valence-corrected chi connectivity index (χ4v) is 4.77. The van der Waals surface area contributed by atoms with Crippen LogP contribution in [-0.4, -0.2) is 16.8 Å². The molecule has 2 N–H and O–H groups in total. The summed E-state index contributed by atoms with van der Waals surface area (Å²) in [6.45, 7) is 7.95. The van der Waals surface area contributed by atoms with Crippen molar-refractivity contribution in [3.8, 4) is 0 Å². The molecule has 0 saturated heterocycles. The van der Waals surface area contributed by atoms with Crippen LogP contribution < -0.4 is 10.6 Å². The van der Waals surface area contributed by atoms with E-state index in [0.29, 0.717) is 16.4 Å². The van der Waals surface area contributed by atoms with Crippen LogP contribution in [0.4, 0.5) is 11.5 Å². The third-order valence-electron chi connectivity index (χ3n) is 4.37. The number of aromatic nitrogens is 1. The lowest BCUT2D eigenvalue weighted by atomic mass is 9.87. The molecule has 1 aromatic carbocycles. The monoisotopic (exact) mass is 439 g/mol. The fraction of sp³-hybridized carbons (Fsp3) is 0.261. The van der Waals surface area contributed by atoms with Crippen LogP contribution in [0.25, 0.3) is 0 Å². The molecule has 0 fully saturated rings. The summed E-state index contributed by atoms with van der Waals surface area (Å²) in [7, 11) is 0. The first-order chi connectivity index (χ1) is 14.2. The highest BCUT2D eigenvalue weighted by Crippen LogP contribution is 2.31. The second-order valence-corrected chi connectivity index (χ2v) is 9.85. The fourth-order valence-electron chi connectivity index (χ4n) is 2.79. The number of thioether (sulfide) groups is 1. The van der Waals surface area contributed by atoms with Gasteiger partial charge in [-0.15, -0.1) is 23.1 Å². The number of hydrogen-bond acceptors (Lipinski definition) is 5. The van der Waals surface area contributed by atoms with Gasteiger partial charge < -0.3 is 10.6 Å². The Kier molecular flexibility index (Phi) is 6.95. The number of thiophene rings is 1. The Morgan fingerprint density at radius 1 is 1.07 bits per heavy atom. The third kappa shape index (κ3) is 5.93. The predicted octanol–water partition coefficient (Wildman–Crippen LogP) is 5.94. The van der Waals surface area contributed by atoms with E-state index in [0.717, 1.165) is 16.1 Å². The van der Waals surface area contributed by atoms with Crippen LogP contribution in [0.1, 0.15) is 48.5 Å². The molecule has 0 unspecified atom stereocenters. The average molecular weight is 440 g/mol. The van der Waals surface area contributed by atoms with Gasteiger partial charge in [0.1, 0.15) is 10.7 Å². The SMILES string of the molecule is CC(=O)Nc1cc(CSc2ccsc2C(=O)Nc2ccc(C(C)(C)C)cc2)ccn1. The number of amides is 2. The number of anilines is 2. The van der Waals surface area contributed by atoms with Crippen LogP contribution >= 0.6 is 23.1 Å². The number of carbonyl (C=O) groups excluding carboxylic acids is 2. The Labute approximate surface area is 185 Å². The minimum atomic E-state index is -0.153. The smallest absolute Gasteiger partial charge is 0.266 e. The molecular formula is C23H25N3O2S2. The molecule has 0 radical (unpaired) electrons. The Morgan fingerprint density at radius 3 is 2.47 bits per heavy atom. The molecule has 3 rings (SSSR count). The summed E-state index contributed by atoms with van der Waals surface area (Å²) in [4.78, 5) is 29.8. The van der Waals surface area contributed by atoms with Crippen LogP contribution in [0.3, 0.4) is 0 Å². The van der Waals surface area contributed by atoms with Crippen molar-refractivity contribution in [3.63, 3.8) is 0 Å². The number of benzene rings is 1. The lowest BCUT2D eigenvalue weighted by Gasteiger charge is -2.19. The first-order valence-electron chi connectivity index (χ1n) is 9.57. The second kappa shape index (κ2) is 9.45. The number of carbonyl (C=O) groups is 2. The topological polar surface area (TPSA) is 71.1 Å². The highest BCUT2D eigenvalue weighted by Gasteiger charge is 2.16. The molecule has 2 aromatic heterocycles. The molecule has 0 aliphatic rings. The summed E-state index contributed by atoms with van der Waals surface area (Å²) < 4.78 is 0. The third-order valence-corrected chi connectivity index (χ3v) is 6.54. The lowest BCUT2D eigenvalue weighted by molar-refractivity contribution is -0.114. The minimum absolute atomic E-state index is 0.0763. The van der Waals surface area contributed by atoms with E-state index in [1.807, 2.05) is 35.7 Å². The average Bonchev–Trinajstić information content (AvgIpc) is 3.15. The van der Waals surface area contributed by atoms with Gasteiger partial charge in [-0.3, -0.25) is 9.59 Å². The van der Waals surface area contributed by atoms with Gasteiger partial charge in [-0.05, 0) is 52.3 Å². The van der Waals surface area contributed by atoms with Crippen molar-refractivity contribution in [2.75, 3.05) is 10.6 Å². The molecule has 0 spiro atoms. The van der Waals surface area contributed by atoms with E-state index >= 15 is 0 Å². The van der Waals surface area contributed by atoms with Gasteiger partial charge in [-0.2, -0.15) is 0 Å². The predicted molar refractivity (Wildman–Crippen MR) is 126 cm³/mol. The lowest BCUT2D eigenvalue weighted by Crippen LogP contribution is -2.13. The molecule has 0 aliphatic heterocycles. The van der Waals surface area contributed by atoms with Crippen molar-refractivity contribution in [3.05, 3.63) is 70.0 Å². The molecule has 0 aliphatic carbocycles. The van der Waals surface area contributed by atoms with Gasteiger partial charge in [0.15, 0.2) is 0 Å². The van der Waals surface area contributed by atoms with Crippen LogP contribution in [0, 0.1) is 0 Å². The standard InChI is InChI=1S/C23H25N3O2S2/c1-15(27)25-20-13-16(9-11-24-20)14-30-19-10-12-29-21(19)22(28)26-18-7-5-17(6-8-18)23(2,3)4/h5-13H,14H2,1-4H3,(H,26,28)(H,24,25,27). The van der Waals surface area contributed by atoms with Crippen molar-refractivity contribution in [2.24, 2.45) is 0 Å². The van der Waals surface area contributed by atoms with Crippen molar-refractivity contribution in [1.29, 1.82) is 0 Å². The molecule has 0 bridgehead atoms. The van der Waals surface area contributed by atoms with E-state index in [4.69, 9.17) is 0 Å². The van der Waals surface area contributed by atoms with Gasteiger partial charge >= 0.3 is 0 Å². The maximum absolute atomic E-state index is 12.8. The molecule has 3 aromatic rings. The van der Waals surface area contributed by atoms with Crippen LogP contribution in [0.5, 0.6) is 0 Å². The molecule has 2 amide bonds. The van der Waals surface area contributed by atoms with E-state index in [9.17, 15) is 9.59 Å². The van der Waals surface area contributed by atoms with Crippen LogP contribution in [0.2, 0.25) is 0 Å². The Hall–Kier alpha value is -2.64. The van der Waals surface area contributed by atoms with Gasteiger partial charge in [0, 0.05) is 29.5 Å². The quantitative estimate of drug-likeness (QED) is 0.466. The summed E-state index contributed by atoms with van der Waals surface area (Å²) in [5.74, 6) is 0.943. The molecular weight excluding hydrogens is 414 g/mol. The van der Waals surface area contributed by atoms with Crippen molar-refractivity contribution in [2.45, 2.75) is 43.8 Å². The summed E-state index contributed by atoms with van der Waals surface area (Å²) in [6.07, 6.45) is 1.67. The highest BCUT2D eigenvalue weighted by molar-refractivity contribution is 7.98. The molecule has 0 saturated carbocycles. The van der Waals surface area contributed by atoms with Gasteiger partial charge in [0.25, 0.3) is 5.91 Å². The minimum Gasteiger partial charge on any atom is -0.321 e. The zero-order chi connectivity index (χ0) is 21.7. The number of hydrogen-bond donors (Lipinski definition) is 2. The van der Waals surface area contributed by atoms with Gasteiger partial charge in [0.2, 0.25) is 5.91 Å². The molecule has 0 atom stereocenters. The highest BCUT2D eigenvalue weighted by atomic mass is 32.2. The largest absolute Gasteiger partial charge is 0.321 e. The first kappa shape index (κ1) is 22.1. The molecule has 2 heterocycles. The maximum Gasteiger partial charge on any atom is 0.266 e. The number of rotatable bonds is 6. The zero-order valence-electron chi connectivity index (χ0n) is 17.5. The van der Waals surface area contributed by atoms with Crippen LogP contribution in [0.15, 0.2) is 58.9 Å². The Morgan fingerprint density at radius 2 is 1.80 bits per heavy atom. The maximum atomic E-state index is 12.8. The van der Waals surface area contributed by atoms with Gasteiger partial charge in [-0.25, -0.2) is 4.98 Å². The van der Waals surface area contributed by atoms with Crippen LogP contribution in [-0.2, 0) is 16.0 Å². The van der Waals surface area contributed by atoms with E-state index in [2.05, 4.69) is 48.5 Å². The van der Waals surface area contributed by atoms with E-state index < -0.39 is 0 Å². The zero-order valence-corrected chi connectivity index (χ0v) is 19.1. The molecule has 5 nitrogen and oxygen atoms in total. The van der Waals surface area contributed by atoms with Crippen molar-refractivity contribution < 1.29 is 9.59 Å². The van der Waals surface area contributed by atoms with Crippen molar-refractivity contribution >= 4 is 46.4 Å². The summed E-state index contributed by atoms with van der Waals surface area (Å²) in [6, 6.07) is 13.7. The number of nitrogens with one attached hydrogen (secondary N) is 2. The van der Waals surface area contributed by atoms with E-state index in [1.165, 1.54) is 23.8 Å². The summed E-state index contributed by atoms with van der Waals surface area (Å²) in [5.41, 5.74) is 3.11. The Balaban J connectivity index is 1.65. The molecule has 7 heteroatoms. The van der Waals surface area contributed by atoms with Crippen molar-refractivity contribution in [1.82, 2.24) is 4.98 Å². The molecule has 30 heavy (non-hydrogen) atoms. The number of pyridine rings is 1. The summed E-state index contributed by atoms with van der Waals surface area (Å²) >= 11 is 3.02. The normalized spacial score (nSPS) is 11.2. The van der Waals surface area contributed by atoms with E-state index in [1.54, 1.807) is 18.0 Å². The van der Waals surface area contributed by atoms with E-state index in [-0.39, 0.29) is 17.2 Å². The first-order valence-corrected chi connectivity index (χ1v) is 11.4. The second-order valence-electron chi connectivity index (χ2n) is 7.91. The van der Waals surface area contributed by atoms with Gasteiger partial charge in [-0.1, -0.05) is 32.9 Å².